The highest BCUT2D eigenvalue weighted by Crippen LogP contribution is 2.34. The molecule has 1 aliphatic heterocycles. The summed E-state index contributed by atoms with van der Waals surface area (Å²) >= 11 is 0. The molecule has 3 aromatic carbocycles. The van der Waals surface area contributed by atoms with Crippen molar-refractivity contribution in [2.75, 3.05) is 13.3 Å². The summed E-state index contributed by atoms with van der Waals surface area (Å²) < 4.78 is 44.3. The standard InChI is InChI=1S/C22H21NO5S.C3H3.H2/c1-16(17-7-12-21-22(13-17)27-15-26-21)14-23-29(24,25)20-10-8-19(9-11-20)28-18-5-3-2-4-6-18;1-3-2;/h2-13,16,23H,14-15H2,1H3;1H,2H2;1H. The van der Waals surface area contributed by atoms with Crippen LogP contribution in [0.4, 0.5) is 0 Å². The van der Waals surface area contributed by atoms with Crippen molar-refractivity contribution in [2.45, 2.75) is 17.7 Å². The Labute approximate surface area is 190 Å². The lowest BCUT2D eigenvalue weighted by molar-refractivity contribution is 0.174. The van der Waals surface area contributed by atoms with Crippen LogP contribution >= 0.6 is 0 Å². The Hall–Kier alpha value is -3.47. The monoisotopic (exact) mass is 452 g/mol. The molecule has 0 amide bonds. The van der Waals surface area contributed by atoms with Gasteiger partial charge >= 0.3 is 0 Å². The van der Waals surface area contributed by atoms with E-state index in [0.717, 1.165) is 5.56 Å². The van der Waals surface area contributed by atoms with Gasteiger partial charge in [0.1, 0.15) is 11.5 Å². The fourth-order valence-corrected chi connectivity index (χ4v) is 4.10. The van der Waals surface area contributed by atoms with Crippen molar-refractivity contribution in [2.24, 2.45) is 0 Å². The van der Waals surface area contributed by atoms with E-state index >= 15 is 0 Å². The van der Waals surface area contributed by atoms with Crippen LogP contribution in [-0.4, -0.2) is 21.8 Å². The molecule has 4 rings (SSSR count). The van der Waals surface area contributed by atoms with Crippen LogP contribution in [0.2, 0.25) is 0 Å². The average Bonchev–Trinajstić information content (AvgIpc) is 3.27. The molecule has 0 spiro atoms. The Bertz CT molecular complexity index is 1180. The maximum Gasteiger partial charge on any atom is 0.240 e. The summed E-state index contributed by atoms with van der Waals surface area (Å²) in [7, 11) is -3.63. The number of benzene rings is 3. The first-order chi connectivity index (χ1) is 15.4. The molecule has 0 saturated carbocycles. The summed E-state index contributed by atoms with van der Waals surface area (Å²) in [6, 6.07) is 21.3. The number of rotatable bonds is 7. The highest BCUT2D eigenvalue weighted by molar-refractivity contribution is 7.89. The van der Waals surface area contributed by atoms with E-state index in [1.165, 1.54) is 12.1 Å². The molecule has 0 aliphatic carbocycles. The van der Waals surface area contributed by atoms with Crippen LogP contribution in [0.25, 0.3) is 0 Å². The molecule has 167 valence electrons. The molecule has 3 aromatic rings. The number of terminal acetylenes is 1. The number of sulfonamides is 1. The van der Waals surface area contributed by atoms with Crippen LogP contribution in [-0.2, 0) is 10.0 Å². The van der Waals surface area contributed by atoms with Crippen molar-refractivity contribution in [3.05, 3.63) is 85.3 Å². The molecule has 0 bridgehead atoms. The zero-order valence-corrected chi connectivity index (χ0v) is 18.5. The van der Waals surface area contributed by atoms with Gasteiger partial charge in [0.15, 0.2) is 11.5 Å². The second-order valence-corrected chi connectivity index (χ2v) is 8.72. The summed E-state index contributed by atoms with van der Waals surface area (Å²) in [6.07, 6.45) is 4.49. The minimum atomic E-state index is -3.63. The molecule has 1 atom stereocenters. The topological polar surface area (TPSA) is 73.9 Å². The predicted molar refractivity (Wildman–Crippen MR) is 125 cm³/mol. The largest absolute Gasteiger partial charge is 0.457 e. The normalized spacial score (nSPS) is 12.8. The Kier molecular flexibility index (Phi) is 7.77. The highest BCUT2D eigenvalue weighted by atomic mass is 32.2. The zero-order valence-electron chi connectivity index (χ0n) is 17.7. The Morgan fingerprint density at radius 1 is 1.06 bits per heavy atom. The minimum absolute atomic E-state index is 0. The summed E-state index contributed by atoms with van der Waals surface area (Å²) in [5.41, 5.74) is 0.976. The van der Waals surface area contributed by atoms with E-state index in [-0.39, 0.29) is 25.6 Å². The Morgan fingerprint density at radius 3 is 2.38 bits per heavy atom. The molecule has 0 fully saturated rings. The van der Waals surface area contributed by atoms with Gasteiger partial charge in [-0.3, -0.25) is 0 Å². The van der Waals surface area contributed by atoms with Gasteiger partial charge in [0.05, 0.1) is 4.90 Å². The summed E-state index contributed by atoms with van der Waals surface area (Å²) in [5.74, 6) is 4.63. The van der Waals surface area contributed by atoms with Crippen LogP contribution in [0.5, 0.6) is 23.0 Å². The van der Waals surface area contributed by atoms with Crippen molar-refractivity contribution < 1.29 is 24.1 Å². The van der Waals surface area contributed by atoms with Gasteiger partial charge < -0.3 is 14.2 Å². The first kappa shape index (κ1) is 23.2. The minimum Gasteiger partial charge on any atom is -0.457 e. The van der Waals surface area contributed by atoms with Crippen molar-refractivity contribution in [1.82, 2.24) is 4.72 Å². The average molecular weight is 453 g/mol. The first-order valence-corrected chi connectivity index (χ1v) is 11.4. The van der Waals surface area contributed by atoms with Crippen molar-refractivity contribution in [3.63, 3.8) is 0 Å². The molecule has 6 nitrogen and oxygen atoms in total. The van der Waals surface area contributed by atoms with Crippen LogP contribution < -0.4 is 18.9 Å². The van der Waals surface area contributed by atoms with Crippen LogP contribution in [0.15, 0.2) is 77.7 Å². The summed E-state index contributed by atoms with van der Waals surface area (Å²) in [4.78, 5) is 0.191. The summed E-state index contributed by atoms with van der Waals surface area (Å²) in [5, 5.41) is 0. The van der Waals surface area contributed by atoms with Crippen LogP contribution in [0.3, 0.4) is 0 Å². The number of para-hydroxylation sites is 1. The second-order valence-electron chi connectivity index (χ2n) is 6.96. The molecule has 0 saturated heterocycles. The highest BCUT2D eigenvalue weighted by Gasteiger charge is 2.19. The van der Waals surface area contributed by atoms with Gasteiger partial charge in [-0.2, -0.15) is 0 Å². The van der Waals surface area contributed by atoms with Gasteiger partial charge in [-0.1, -0.05) is 31.2 Å². The smallest absolute Gasteiger partial charge is 0.240 e. The fourth-order valence-electron chi connectivity index (χ4n) is 2.97. The number of ether oxygens (including phenoxy) is 3. The van der Waals surface area contributed by atoms with Crippen molar-refractivity contribution in [3.8, 4) is 35.3 Å². The lowest BCUT2D eigenvalue weighted by atomic mass is 10.0. The van der Waals surface area contributed by atoms with E-state index < -0.39 is 10.0 Å². The molecule has 1 unspecified atom stereocenters. The molecular weight excluding hydrogens is 426 g/mol. The van der Waals surface area contributed by atoms with E-state index in [1.807, 2.05) is 61.4 Å². The third-order valence-electron chi connectivity index (χ3n) is 4.66. The molecule has 0 aromatic heterocycles. The number of hydrogen-bond donors (Lipinski definition) is 1. The van der Waals surface area contributed by atoms with E-state index in [4.69, 9.17) is 14.2 Å². The Balaban J connectivity index is 0.000000914. The maximum absolute atomic E-state index is 12.6. The number of nitrogens with one attached hydrogen (secondary N) is 1. The van der Waals surface area contributed by atoms with Crippen LogP contribution in [0.1, 0.15) is 19.8 Å². The van der Waals surface area contributed by atoms with Crippen LogP contribution in [0, 0.1) is 19.3 Å². The lowest BCUT2D eigenvalue weighted by Crippen LogP contribution is -2.27. The molecule has 32 heavy (non-hydrogen) atoms. The van der Waals surface area contributed by atoms with Gasteiger partial charge in [0.25, 0.3) is 0 Å². The quantitative estimate of drug-likeness (QED) is 0.511. The van der Waals surface area contributed by atoms with Gasteiger partial charge in [0.2, 0.25) is 16.8 Å². The third kappa shape index (κ3) is 6.03. The van der Waals surface area contributed by atoms with Gasteiger partial charge in [0, 0.05) is 14.9 Å². The van der Waals surface area contributed by atoms with Crippen molar-refractivity contribution >= 4 is 10.0 Å². The molecule has 1 N–H and O–H groups in total. The maximum atomic E-state index is 12.6. The molecule has 1 heterocycles. The predicted octanol–water partition coefficient (Wildman–Crippen LogP) is 4.99. The van der Waals surface area contributed by atoms with E-state index in [0.29, 0.717) is 23.0 Å². The fraction of sp³-hybridized carbons (Fsp3) is 0.160. The van der Waals surface area contributed by atoms with E-state index in [2.05, 4.69) is 18.1 Å². The van der Waals surface area contributed by atoms with E-state index in [1.54, 1.807) is 12.1 Å². The lowest BCUT2D eigenvalue weighted by Gasteiger charge is -2.14. The molecular formula is C25H26NO5S. The summed E-state index contributed by atoms with van der Waals surface area (Å²) in [6.45, 7) is 5.45. The van der Waals surface area contributed by atoms with E-state index in [9.17, 15) is 8.42 Å². The van der Waals surface area contributed by atoms with Gasteiger partial charge in [-0.25, -0.2) is 13.1 Å². The van der Waals surface area contributed by atoms with Gasteiger partial charge in [-0.05, 0) is 60.0 Å². The number of fused-ring (bicyclic) bond motifs is 1. The SMILES string of the molecule is C#C[CH2].CC(CNS(=O)(=O)c1ccc(Oc2ccccc2)cc1)c1ccc2c(c1)OCO2.[HH]. The molecule has 1 radical (unpaired) electrons. The molecule has 1 aliphatic rings. The zero-order chi connectivity index (χ0) is 23.0. The number of hydrogen-bond acceptors (Lipinski definition) is 5. The third-order valence-corrected chi connectivity index (χ3v) is 6.10. The van der Waals surface area contributed by atoms with Crippen molar-refractivity contribution in [1.29, 1.82) is 0 Å². The van der Waals surface area contributed by atoms with Gasteiger partial charge in [-0.15, -0.1) is 12.3 Å². The Morgan fingerprint density at radius 2 is 1.69 bits per heavy atom. The first-order valence-electron chi connectivity index (χ1n) is 9.88. The molecule has 7 heteroatoms. The second kappa shape index (κ2) is 10.7.